The van der Waals surface area contributed by atoms with Gasteiger partial charge in [-0.2, -0.15) is 0 Å². The average Bonchev–Trinajstić information content (AvgIpc) is 2.93. The van der Waals surface area contributed by atoms with E-state index in [4.69, 9.17) is 9.47 Å². The van der Waals surface area contributed by atoms with Crippen LogP contribution in [0.2, 0.25) is 0 Å². The molecule has 0 heterocycles. The predicted octanol–water partition coefficient (Wildman–Crippen LogP) is 6.49. The minimum absolute atomic E-state index is 0.0142. The summed E-state index contributed by atoms with van der Waals surface area (Å²) in [6.07, 6.45) is 1.19. The monoisotopic (exact) mass is 610 g/mol. The maximum Gasteiger partial charge on any atom is 0.408 e. The number of benzene rings is 2. The van der Waals surface area contributed by atoms with E-state index in [1.807, 2.05) is 63.2 Å². The molecule has 0 radical (unpaired) electrons. The van der Waals surface area contributed by atoms with E-state index in [9.17, 15) is 24.3 Å². The second-order valence-corrected chi connectivity index (χ2v) is 12.0. The van der Waals surface area contributed by atoms with Crippen LogP contribution >= 0.6 is 0 Å². The molecule has 0 aliphatic rings. The maximum atomic E-state index is 13.4. The molecule has 2 aromatic rings. The van der Waals surface area contributed by atoms with E-state index in [-0.39, 0.29) is 31.8 Å². The Morgan fingerprint density at radius 2 is 1.52 bits per heavy atom. The highest BCUT2D eigenvalue weighted by molar-refractivity contribution is 5.95. The number of carboxylic acid groups (broad SMARTS) is 1. The Hall–Kier alpha value is -3.98. The van der Waals surface area contributed by atoms with Gasteiger partial charge in [-0.15, -0.1) is 0 Å². The molecular formula is C35H50N2O7. The first-order chi connectivity index (χ1) is 20.6. The van der Waals surface area contributed by atoms with Crippen molar-refractivity contribution in [2.45, 2.75) is 105 Å². The number of alkyl carbamates (subject to hydrolysis) is 1. The van der Waals surface area contributed by atoms with E-state index in [1.54, 1.807) is 45.9 Å². The summed E-state index contributed by atoms with van der Waals surface area (Å²) in [5, 5.41) is 15.1. The van der Waals surface area contributed by atoms with Crippen molar-refractivity contribution in [1.29, 1.82) is 0 Å². The molecule has 3 N–H and O–H groups in total. The van der Waals surface area contributed by atoms with E-state index < -0.39 is 41.1 Å². The van der Waals surface area contributed by atoms with E-state index in [1.165, 1.54) is 13.8 Å². The Morgan fingerprint density at radius 3 is 2.09 bits per heavy atom. The molecule has 0 spiro atoms. The normalized spacial score (nSPS) is 13.1. The number of ether oxygens (including phenoxy) is 2. The number of allylic oxidation sites excluding steroid dienone is 2. The largest absolute Gasteiger partial charge is 0.481 e. The lowest BCUT2D eigenvalue weighted by Gasteiger charge is -2.29. The van der Waals surface area contributed by atoms with Crippen molar-refractivity contribution in [3.63, 3.8) is 0 Å². The van der Waals surface area contributed by atoms with Crippen molar-refractivity contribution in [2.24, 2.45) is 0 Å². The standard InChI is InChI=1S/C33H44N2O7.C2H6/c1-22(17-18-26(29(37)38)25-16-12-11-13-23(25)2)19-28(36)27(21-41-20-24-14-9-8-10-15-24)34-30(39)33(6,7)35-31(40)42-32(3,4)5;1-2/h8-17,26-27H,18-21H2,1-7H3,(H,34,39)(H,35,40)(H,37,38);1-2H3/b22-17+;. The fraction of sp³-hybridized carbons (Fsp3) is 0.486. The van der Waals surface area contributed by atoms with Crippen LogP contribution in [-0.2, 0) is 30.5 Å². The molecule has 0 saturated heterocycles. The molecule has 2 aromatic carbocycles. The first-order valence-electron chi connectivity index (χ1n) is 15.0. The number of hydrogen-bond donors (Lipinski definition) is 3. The van der Waals surface area contributed by atoms with Crippen molar-refractivity contribution >= 4 is 23.8 Å². The van der Waals surface area contributed by atoms with Crippen LogP contribution in [0.1, 0.15) is 90.8 Å². The first-order valence-corrected chi connectivity index (χ1v) is 15.0. The highest BCUT2D eigenvalue weighted by Gasteiger charge is 2.34. The van der Waals surface area contributed by atoms with Gasteiger partial charge in [-0.3, -0.25) is 14.4 Å². The molecule has 44 heavy (non-hydrogen) atoms. The third-order valence-corrected chi connectivity index (χ3v) is 6.49. The van der Waals surface area contributed by atoms with Gasteiger partial charge in [0.25, 0.3) is 0 Å². The molecule has 2 atom stereocenters. The summed E-state index contributed by atoms with van der Waals surface area (Å²) in [6, 6.07) is 15.8. The predicted molar refractivity (Wildman–Crippen MR) is 172 cm³/mol. The van der Waals surface area contributed by atoms with E-state index in [0.29, 0.717) is 5.57 Å². The summed E-state index contributed by atoms with van der Waals surface area (Å²) in [5.74, 6) is -2.58. The zero-order chi connectivity index (χ0) is 33.5. The highest BCUT2D eigenvalue weighted by atomic mass is 16.6. The second-order valence-electron chi connectivity index (χ2n) is 12.0. The SMILES string of the molecule is C/C(=C\CC(C(=O)O)c1ccccc1C)CC(=O)C(COCc1ccccc1)NC(=O)C(C)(C)NC(=O)OC(C)(C)C.CC. The van der Waals surface area contributed by atoms with Gasteiger partial charge in [0.15, 0.2) is 5.78 Å². The third-order valence-electron chi connectivity index (χ3n) is 6.49. The zero-order valence-electron chi connectivity index (χ0n) is 27.7. The number of nitrogens with one attached hydrogen (secondary N) is 2. The lowest BCUT2D eigenvalue weighted by molar-refractivity contribution is -0.138. The minimum Gasteiger partial charge on any atom is -0.481 e. The molecule has 0 aliphatic carbocycles. The number of ketones is 1. The molecule has 0 fully saturated rings. The topological polar surface area (TPSA) is 131 Å². The fourth-order valence-corrected chi connectivity index (χ4v) is 4.17. The minimum atomic E-state index is -1.38. The molecule has 0 aliphatic heterocycles. The molecule has 9 heteroatoms. The molecule has 0 aromatic heterocycles. The van der Waals surface area contributed by atoms with Gasteiger partial charge in [0.1, 0.15) is 17.2 Å². The van der Waals surface area contributed by atoms with Crippen molar-refractivity contribution in [3.8, 4) is 0 Å². The van der Waals surface area contributed by atoms with Gasteiger partial charge in [0.2, 0.25) is 5.91 Å². The number of hydrogen-bond acceptors (Lipinski definition) is 6. The Balaban J connectivity index is 0.00000474. The summed E-state index contributed by atoms with van der Waals surface area (Å²) >= 11 is 0. The molecule has 2 rings (SSSR count). The smallest absolute Gasteiger partial charge is 0.408 e. The molecule has 2 unspecified atom stereocenters. The van der Waals surface area contributed by atoms with Crippen LogP contribution in [0.15, 0.2) is 66.2 Å². The molecule has 242 valence electrons. The molecule has 0 bridgehead atoms. The van der Waals surface area contributed by atoms with E-state index in [0.717, 1.165) is 16.7 Å². The van der Waals surface area contributed by atoms with Crippen LogP contribution in [0.5, 0.6) is 0 Å². The number of aliphatic carboxylic acids is 1. The van der Waals surface area contributed by atoms with Crippen molar-refractivity contribution in [3.05, 3.63) is 82.9 Å². The lowest BCUT2D eigenvalue weighted by atomic mass is 9.91. The highest BCUT2D eigenvalue weighted by Crippen LogP contribution is 2.25. The average molecular weight is 611 g/mol. The fourth-order valence-electron chi connectivity index (χ4n) is 4.17. The molecule has 2 amide bonds. The van der Waals surface area contributed by atoms with Gasteiger partial charge in [-0.25, -0.2) is 4.79 Å². The Kier molecular flexibility index (Phi) is 15.5. The number of rotatable bonds is 14. The number of amides is 2. The number of Topliss-reactive ketones (excluding diaryl/α,β-unsaturated/α-hetero) is 1. The van der Waals surface area contributed by atoms with E-state index >= 15 is 0 Å². The van der Waals surface area contributed by atoms with E-state index in [2.05, 4.69) is 10.6 Å². The number of aryl methyl sites for hydroxylation is 1. The van der Waals surface area contributed by atoms with Crippen LogP contribution in [-0.4, -0.2) is 52.6 Å². The Bertz CT molecular complexity index is 1260. The molecular weight excluding hydrogens is 560 g/mol. The van der Waals surface area contributed by atoms with Gasteiger partial charge in [-0.1, -0.05) is 80.1 Å². The zero-order valence-corrected chi connectivity index (χ0v) is 27.7. The maximum absolute atomic E-state index is 13.4. The summed E-state index contributed by atoms with van der Waals surface area (Å²) < 4.78 is 11.1. The van der Waals surface area contributed by atoms with Crippen molar-refractivity contribution < 1.29 is 33.8 Å². The summed E-state index contributed by atoms with van der Waals surface area (Å²) in [7, 11) is 0. The van der Waals surface area contributed by atoms with Gasteiger partial charge >= 0.3 is 12.1 Å². The van der Waals surface area contributed by atoms with Crippen LogP contribution in [0, 0.1) is 6.92 Å². The molecule has 0 saturated carbocycles. The number of carbonyl (C=O) groups is 4. The summed E-state index contributed by atoms with van der Waals surface area (Å²) in [5.41, 5.74) is 1.06. The van der Waals surface area contributed by atoms with Crippen LogP contribution in [0.3, 0.4) is 0 Å². The van der Waals surface area contributed by atoms with Gasteiger partial charge in [-0.05, 0) is 71.6 Å². The lowest BCUT2D eigenvalue weighted by Crippen LogP contribution is -2.59. The second kappa shape index (κ2) is 18.0. The first kappa shape index (κ1) is 38.0. The van der Waals surface area contributed by atoms with Crippen LogP contribution in [0.4, 0.5) is 4.79 Å². The number of carboxylic acids is 1. The summed E-state index contributed by atoms with van der Waals surface area (Å²) in [4.78, 5) is 50.9. The van der Waals surface area contributed by atoms with Gasteiger partial charge < -0.3 is 25.2 Å². The van der Waals surface area contributed by atoms with Crippen molar-refractivity contribution in [2.75, 3.05) is 6.61 Å². The van der Waals surface area contributed by atoms with Gasteiger partial charge in [0.05, 0.1) is 19.1 Å². The summed E-state index contributed by atoms with van der Waals surface area (Å²) in [6.45, 7) is 16.0. The molecule has 9 nitrogen and oxygen atoms in total. The number of carbonyl (C=O) groups excluding carboxylic acids is 3. The van der Waals surface area contributed by atoms with Crippen LogP contribution < -0.4 is 10.6 Å². The Labute approximate surface area is 262 Å². The van der Waals surface area contributed by atoms with Crippen molar-refractivity contribution in [1.82, 2.24) is 10.6 Å². The third kappa shape index (κ3) is 13.5. The Morgan fingerprint density at radius 1 is 0.932 bits per heavy atom. The van der Waals surface area contributed by atoms with Gasteiger partial charge in [0, 0.05) is 6.42 Å². The van der Waals surface area contributed by atoms with Crippen LogP contribution in [0.25, 0.3) is 0 Å². The quantitative estimate of drug-likeness (QED) is 0.208.